The van der Waals surface area contributed by atoms with Crippen LogP contribution in [0.2, 0.25) is 0 Å². The Labute approximate surface area is 109 Å². The first-order valence-corrected chi connectivity index (χ1v) is 6.35. The van der Waals surface area contributed by atoms with Gasteiger partial charge in [-0.2, -0.15) is 0 Å². The van der Waals surface area contributed by atoms with Gasteiger partial charge in [0.05, 0.1) is 12.5 Å². The van der Waals surface area contributed by atoms with Gasteiger partial charge in [0, 0.05) is 25.0 Å². The molecule has 0 unspecified atom stereocenters. The van der Waals surface area contributed by atoms with Crippen molar-refractivity contribution in [1.29, 1.82) is 0 Å². The molecule has 1 aromatic rings. The summed E-state index contributed by atoms with van der Waals surface area (Å²) in [6.45, 7) is 8.84. The number of hydrogen-bond acceptors (Lipinski definition) is 4. The van der Waals surface area contributed by atoms with Gasteiger partial charge in [-0.3, -0.25) is 9.78 Å². The molecule has 0 saturated heterocycles. The average Bonchev–Trinajstić information content (AvgIpc) is 2.35. The summed E-state index contributed by atoms with van der Waals surface area (Å²) in [5, 5.41) is 3.32. The number of pyridine rings is 1. The van der Waals surface area contributed by atoms with Gasteiger partial charge in [-0.1, -0.05) is 13.0 Å². The van der Waals surface area contributed by atoms with E-state index in [0.717, 1.165) is 11.1 Å². The molecule has 0 spiro atoms. The zero-order valence-corrected chi connectivity index (χ0v) is 11.6. The van der Waals surface area contributed by atoms with Crippen LogP contribution in [0, 0.1) is 12.8 Å². The maximum Gasteiger partial charge on any atom is 0.310 e. The number of ether oxygens (including phenoxy) is 1. The van der Waals surface area contributed by atoms with Gasteiger partial charge < -0.3 is 10.1 Å². The molecule has 1 aromatic heterocycles. The molecule has 0 radical (unpaired) electrons. The minimum Gasteiger partial charge on any atom is -0.466 e. The summed E-state index contributed by atoms with van der Waals surface area (Å²) in [4.78, 5) is 15.7. The number of carbonyl (C=O) groups excluding carboxylic acids is 1. The van der Waals surface area contributed by atoms with E-state index in [-0.39, 0.29) is 17.9 Å². The van der Waals surface area contributed by atoms with E-state index in [1.165, 1.54) is 0 Å². The van der Waals surface area contributed by atoms with Gasteiger partial charge in [0.15, 0.2) is 0 Å². The Morgan fingerprint density at radius 1 is 1.44 bits per heavy atom. The summed E-state index contributed by atoms with van der Waals surface area (Å²) in [7, 11) is 0. The Morgan fingerprint density at radius 3 is 2.78 bits per heavy atom. The second-order valence-corrected chi connectivity index (χ2v) is 4.58. The molecule has 0 bridgehead atoms. The van der Waals surface area contributed by atoms with E-state index < -0.39 is 0 Å². The minimum absolute atomic E-state index is 0.0737. The lowest BCUT2D eigenvalue weighted by atomic mass is 10.0. The van der Waals surface area contributed by atoms with Crippen LogP contribution in [0.1, 0.15) is 31.9 Å². The molecule has 1 rings (SSSR count). The molecule has 0 aromatic carbocycles. The summed E-state index contributed by atoms with van der Waals surface area (Å²) in [5.41, 5.74) is 2.26. The SMILES string of the molecule is CCOC(=O)[C@@H](C)[C@@H](C)NCc1cncc(C)c1. The third kappa shape index (κ3) is 4.45. The molecule has 1 N–H and O–H groups in total. The molecule has 0 saturated carbocycles. The van der Waals surface area contributed by atoms with Gasteiger partial charge in [-0.05, 0) is 31.9 Å². The van der Waals surface area contributed by atoms with Crippen LogP contribution in [0.3, 0.4) is 0 Å². The van der Waals surface area contributed by atoms with E-state index >= 15 is 0 Å². The van der Waals surface area contributed by atoms with Crippen LogP contribution in [-0.2, 0) is 16.1 Å². The van der Waals surface area contributed by atoms with E-state index in [1.54, 1.807) is 0 Å². The van der Waals surface area contributed by atoms with Gasteiger partial charge in [0.2, 0.25) is 0 Å². The predicted molar refractivity (Wildman–Crippen MR) is 71.1 cm³/mol. The normalized spacial score (nSPS) is 14.0. The standard InChI is InChI=1S/C14H22N2O2/c1-5-18-14(17)11(3)12(4)16-9-13-6-10(2)7-15-8-13/h6-8,11-12,16H,5,9H2,1-4H3/t11-,12+/m0/s1. The highest BCUT2D eigenvalue weighted by Crippen LogP contribution is 2.07. The lowest BCUT2D eigenvalue weighted by molar-refractivity contribution is -0.148. The Bertz CT molecular complexity index is 393. The number of rotatable bonds is 6. The third-order valence-corrected chi connectivity index (χ3v) is 2.97. The summed E-state index contributed by atoms with van der Waals surface area (Å²) in [5.74, 6) is -0.303. The van der Waals surface area contributed by atoms with E-state index in [4.69, 9.17) is 4.74 Å². The highest BCUT2D eigenvalue weighted by atomic mass is 16.5. The van der Waals surface area contributed by atoms with Gasteiger partial charge in [-0.15, -0.1) is 0 Å². The van der Waals surface area contributed by atoms with Gasteiger partial charge in [-0.25, -0.2) is 0 Å². The largest absolute Gasteiger partial charge is 0.466 e. The van der Waals surface area contributed by atoms with E-state index in [9.17, 15) is 4.79 Å². The smallest absolute Gasteiger partial charge is 0.310 e. The molecule has 1 heterocycles. The lowest BCUT2D eigenvalue weighted by Crippen LogP contribution is -2.36. The fraction of sp³-hybridized carbons (Fsp3) is 0.571. The van der Waals surface area contributed by atoms with E-state index in [0.29, 0.717) is 13.2 Å². The van der Waals surface area contributed by atoms with Crippen molar-refractivity contribution in [3.05, 3.63) is 29.6 Å². The number of nitrogens with zero attached hydrogens (tertiary/aromatic N) is 1. The zero-order chi connectivity index (χ0) is 13.5. The molecule has 100 valence electrons. The Morgan fingerprint density at radius 2 is 2.17 bits per heavy atom. The fourth-order valence-electron chi connectivity index (χ4n) is 1.65. The minimum atomic E-state index is -0.153. The highest BCUT2D eigenvalue weighted by Gasteiger charge is 2.20. The Balaban J connectivity index is 2.45. The second kappa shape index (κ2) is 7.11. The van der Waals surface area contributed by atoms with Crippen LogP contribution in [0.25, 0.3) is 0 Å². The fourth-order valence-corrected chi connectivity index (χ4v) is 1.65. The second-order valence-electron chi connectivity index (χ2n) is 4.58. The van der Waals surface area contributed by atoms with Crippen molar-refractivity contribution >= 4 is 5.97 Å². The summed E-state index contributed by atoms with van der Waals surface area (Å²) in [6, 6.07) is 2.16. The average molecular weight is 250 g/mol. The molecule has 0 aliphatic rings. The summed E-state index contributed by atoms with van der Waals surface area (Å²) < 4.78 is 5.00. The molecule has 4 heteroatoms. The van der Waals surface area contributed by atoms with Crippen LogP contribution in [0.5, 0.6) is 0 Å². The Kier molecular flexibility index (Phi) is 5.78. The number of aromatic nitrogens is 1. The van der Waals surface area contributed by atoms with Crippen LogP contribution in [-0.4, -0.2) is 23.6 Å². The summed E-state index contributed by atoms with van der Waals surface area (Å²) >= 11 is 0. The van der Waals surface area contributed by atoms with Crippen molar-refractivity contribution in [1.82, 2.24) is 10.3 Å². The molecule has 0 fully saturated rings. The van der Waals surface area contributed by atoms with Gasteiger partial charge >= 0.3 is 5.97 Å². The first kappa shape index (κ1) is 14.6. The topological polar surface area (TPSA) is 51.2 Å². The summed E-state index contributed by atoms with van der Waals surface area (Å²) in [6.07, 6.45) is 3.66. The first-order chi connectivity index (χ1) is 8.54. The van der Waals surface area contributed by atoms with Crippen LogP contribution in [0.4, 0.5) is 0 Å². The van der Waals surface area contributed by atoms with Gasteiger partial charge in [0.25, 0.3) is 0 Å². The van der Waals surface area contributed by atoms with Crippen LogP contribution in [0.15, 0.2) is 18.5 Å². The molecular weight excluding hydrogens is 228 g/mol. The van der Waals surface area contributed by atoms with Crippen LogP contribution < -0.4 is 5.32 Å². The van der Waals surface area contributed by atoms with E-state index in [1.807, 2.05) is 40.1 Å². The monoisotopic (exact) mass is 250 g/mol. The number of carbonyl (C=O) groups is 1. The molecule has 0 amide bonds. The lowest BCUT2D eigenvalue weighted by Gasteiger charge is -2.19. The third-order valence-electron chi connectivity index (χ3n) is 2.97. The number of aryl methyl sites for hydroxylation is 1. The van der Waals surface area contributed by atoms with Crippen molar-refractivity contribution in [3.63, 3.8) is 0 Å². The number of nitrogens with one attached hydrogen (secondary N) is 1. The molecule has 0 aliphatic carbocycles. The molecular formula is C14H22N2O2. The molecule has 0 aliphatic heterocycles. The van der Waals surface area contributed by atoms with Crippen LogP contribution >= 0.6 is 0 Å². The number of hydrogen-bond donors (Lipinski definition) is 1. The maximum absolute atomic E-state index is 11.6. The highest BCUT2D eigenvalue weighted by molar-refractivity contribution is 5.72. The molecule has 18 heavy (non-hydrogen) atoms. The molecule has 2 atom stereocenters. The van der Waals surface area contributed by atoms with Gasteiger partial charge in [0.1, 0.15) is 0 Å². The van der Waals surface area contributed by atoms with E-state index in [2.05, 4.69) is 16.4 Å². The van der Waals surface area contributed by atoms with Crippen molar-refractivity contribution in [3.8, 4) is 0 Å². The number of esters is 1. The van der Waals surface area contributed by atoms with Crippen molar-refractivity contribution in [2.75, 3.05) is 6.61 Å². The quantitative estimate of drug-likeness (QED) is 0.785. The Hall–Kier alpha value is -1.42. The molecule has 4 nitrogen and oxygen atoms in total. The van der Waals surface area contributed by atoms with Crippen molar-refractivity contribution in [2.45, 2.75) is 40.3 Å². The first-order valence-electron chi connectivity index (χ1n) is 6.35. The van der Waals surface area contributed by atoms with Crippen molar-refractivity contribution < 1.29 is 9.53 Å². The zero-order valence-electron chi connectivity index (χ0n) is 11.6. The maximum atomic E-state index is 11.6. The van der Waals surface area contributed by atoms with Crippen molar-refractivity contribution in [2.24, 2.45) is 5.92 Å². The predicted octanol–water partition coefficient (Wildman–Crippen LogP) is 2.07.